The summed E-state index contributed by atoms with van der Waals surface area (Å²) >= 11 is 6.59. The minimum Gasteiger partial charge on any atom is -0.289 e. The van der Waals surface area contributed by atoms with Crippen molar-refractivity contribution in [3.8, 4) is 0 Å². The van der Waals surface area contributed by atoms with E-state index in [9.17, 15) is 9.18 Å². The molecule has 17 heavy (non-hydrogen) atoms. The van der Waals surface area contributed by atoms with Gasteiger partial charge in [-0.2, -0.15) is 0 Å². The average molecular weight is 359 g/mol. The Morgan fingerprint density at radius 2 is 1.65 bits per heavy atom. The first-order valence-corrected chi connectivity index (χ1v) is 6.26. The first-order valence-electron chi connectivity index (χ1n) is 4.67. The van der Waals surface area contributed by atoms with Crippen molar-refractivity contribution in [2.24, 2.45) is 0 Å². The lowest BCUT2D eigenvalue weighted by Crippen LogP contribution is -2.02. The fourth-order valence-corrected chi connectivity index (χ4v) is 2.68. The number of ketones is 1. The van der Waals surface area contributed by atoms with Gasteiger partial charge in [-0.1, -0.05) is 31.9 Å². The molecule has 2 aromatic rings. The SMILES string of the molecule is O=C(c1cncc(F)c1)c1cc(Br)cc(Br)c1. The van der Waals surface area contributed by atoms with E-state index in [0.29, 0.717) is 5.56 Å². The van der Waals surface area contributed by atoms with Gasteiger partial charge in [0.15, 0.2) is 5.78 Å². The summed E-state index contributed by atoms with van der Waals surface area (Å²) in [5.41, 5.74) is 0.702. The normalized spacial score (nSPS) is 10.3. The van der Waals surface area contributed by atoms with E-state index in [1.165, 1.54) is 12.3 Å². The monoisotopic (exact) mass is 357 g/mol. The highest BCUT2D eigenvalue weighted by Gasteiger charge is 2.11. The van der Waals surface area contributed by atoms with Crippen molar-refractivity contribution >= 4 is 37.6 Å². The Kier molecular flexibility index (Phi) is 3.69. The topological polar surface area (TPSA) is 30.0 Å². The molecule has 0 N–H and O–H groups in total. The zero-order chi connectivity index (χ0) is 12.4. The highest BCUT2D eigenvalue weighted by Crippen LogP contribution is 2.22. The minimum absolute atomic E-state index is 0.231. The molecule has 0 aliphatic rings. The van der Waals surface area contributed by atoms with Crippen molar-refractivity contribution in [1.82, 2.24) is 4.98 Å². The third-order valence-electron chi connectivity index (χ3n) is 2.09. The molecular formula is C12H6Br2FNO. The Hall–Kier alpha value is -1.07. The summed E-state index contributed by atoms with van der Waals surface area (Å²) in [5, 5.41) is 0. The summed E-state index contributed by atoms with van der Waals surface area (Å²) in [6.45, 7) is 0. The number of benzene rings is 1. The van der Waals surface area contributed by atoms with Crippen LogP contribution in [0.25, 0.3) is 0 Å². The van der Waals surface area contributed by atoms with E-state index >= 15 is 0 Å². The van der Waals surface area contributed by atoms with Crippen LogP contribution in [0, 0.1) is 5.82 Å². The summed E-state index contributed by atoms with van der Waals surface area (Å²) < 4.78 is 14.5. The van der Waals surface area contributed by atoms with Crippen LogP contribution in [0.1, 0.15) is 15.9 Å². The number of halogens is 3. The zero-order valence-electron chi connectivity index (χ0n) is 8.45. The molecule has 1 aromatic heterocycles. The van der Waals surface area contributed by atoms with Crippen molar-refractivity contribution < 1.29 is 9.18 Å². The van der Waals surface area contributed by atoms with Crippen LogP contribution in [0.2, 0.25) is 0 Å². The molecule has 1 aromatic carbocycles. The van der Waals surface area contributed by atoms with Crippen molar-refractivity contribution in [3.63, 3.8) is 0 Å². The van der Waals surface area contributed by atoms with Gasteiger partial charge >= 0.3 is 0 Å². The fraction of sp³-hybridized carbons (Fsp3) is 0. The molecule has 0 fully saturated rings. The maximum absolute atomic E-state index is 13.0. The van der Waals surface area contributed by atoms with Gasteiger partial charge in [-0.15, -0.1) is 0 Å². The Balaban J connectivity index is 2.43. The zero-order valence-corrected chi connectivity index (χ0v) is 11.6. The minimum atomic E-state index is -0.523. The van der Waals surface area contributed by atoms with E-state index in [-0.39, 0.29) is 11.3 Å². The van der Waals surface area contributed by atoms with Crippen molar-refractivity contribution in [1.29, 1.82) is 0 Å². The van der Waals surface area contributed by atoms with Crippen LogP contribution in [0.4, 0.5) is 4.39 Å². The Morgan fingerprint density at radius 3 is 2.24 bits per heavy atom. The first-order chi connectivity index (χ1) is 8.06. The summed E-state index contributed by atoms with van der Waals surface area (Å²) in [6.07, 6.45) is 2.41. The lowest BCUT2D eigenvalue weighted by Gasteiger charge is -2.02. The van der Waals surface area contributed by atoms with E-state index in [0.717, 1.165) is 15.1 Å². The Morgan fingerprint density at radius 1 is 1.00 bits per heavy atom. The molecule has 0 radical (unpaired) electrons. The predicted octanol–water partition coefficient (Wildman–Crippen LogP) is 3.98. The molecule has 2 nitrogen and oxygen atoms in total. The second-order valence-corrected chi connectivity index (χ2v) is 5.21. The van der Waals surface area contributed by atoms with Gasteiger partial charge in [0.1, 0.15) is 5.82 Å². The van der Waals surface area contributed by atoms with Crippen LogP contribution in [0.15, 0.2) is 45.6 Å². The standard InChI is InChI=1S/C12H6Br2FNO/c13-9-1-7(2-10(14)4-9)12(17)8-3-11(15)6-16-5-8/h1-6H. The van der Waals surface area contributed by atoms with E-state index in [1.54, 1.807) is 12.1 Å². The first kappa shape index (κ1) is 12.4. The number of aromatic nitrogens is 1. The van der Waals surface area contributed by atoms with Gasteiger partial charge in [0, 0.05) is 26.3 Å². The summed E-state index contributed by atoms with van der Waals surface area (Å²) in [5.74, 6) is -0.788. The quantitative estimate of drug-likeness (QED) is 0.760. The smallest absolute Gasteiger partial charge is 0.194 e. The van der Waals surface area contributed by atoms with Gasteiger partial charge in [-0.05, 0) is 24.3 Å². The number of nitrogens with zero attached hydrogens (tertiary/aromatic N) is 1. The molecular weight excluding hydrogens is 353 g/mol. The third kappa shape index (κ3) is 2.98. The van der Waals surface area contributed by atoms with E-state index < -0.39 is 5.82 Å². The predicted molar refractivity (Wildman–Crippen MR) is 69.5 cm³/mol. The molecule has 0 amide bonds. The van der Waals surface area contributed by atoms with Crippen LogP contribution >= 0.6 is 31.9 Å². The summed E-state index contributed by atoms with van der Waals surface area (Å²) in [4.78, 5) is 15.7. The van der Waals surface area contributed by atoms with Crippen molar-refractivity contribution in [3.05, 3.63) is 62.5 Å². The van der Waals surface area contributed by atoms with Crippen LogP contribution < -0.4 is 0 Å². The Labute approximate surface area is 114 Å². The van der Waals surface area contributed by atoms with Gasteiger partial charge < -0.3 is 0 Å². The van der Waals surface area contributed by atoms with Gasteiger partial charge in [0.25, 0.3) is 0 Å². The highest BCUT2D eigenvalue weighted by atomic mass is 79.9. The molecule has 0 atom stereocenters. The van der Waals surface area contributed by atoms with Gasteiger partial charge in [-0.3, -0.25) is 9.78 Å². The summed E-state index contributed by atoms with van der Waals surface area (Å²) in [6, 6.07) is 6.35. The van der Waals surface area contributed by atoms with Gasteiger partial charge in [0.05, 0.1) is 6.20 Å². The number of carbonyl (C=O) groups excluding carboxylic acids is 1. The van der Waals surface area contributed by atoms with Crippen molar-refractivity contribution in [2.45, 2.75) is 0 Å². The molecule has 0 aliphatic carbocycles. The second-order valence-electron chi connectivity index (χ2n) is 3.38. The molecule has 5 heteroatoms. The number of hydrogen-bond donors (Lipinski definition) is 0. The Bertz CT molecular complexity index is 566. The highest BCUT2D eigenvalue weighted by molar-refractivity contribution is 9.11. The van der Waals surface area contributed by atoms with Crippen LogP contribution in [0.3, 0.4) is 0 Å². The number of carbonyl (C=O) groups is 1. The molecule has 2 rings (SSSR count). The fourth-order valence-electron chi connectivity index (χ4n) is 1.39. The number of rotatable bonds is 2. The second kappa shape index (κ2) is 5.06. The lowest BCUT2D eigenvalue weighted by atomic mass is 10.1. The maximum atomic E-state index is 13.0. The molecule has 0 saturated heterocycles. The molecule has 0 saturated carbocycles. The molecule has 0 spiro atoms. The average Bonchev–Trinajstić information content (AvgIpc) is 2.26. The maximum Gasteiger partial charge on any atom is 0.194 e. The van der Waals surface area contributed by atoms with Crippen LogP contribution in [0.5, 0.6) is 0 Å². The van der Waals surface area contributed by atoms with Crippen LogP contribution in [-0.2, 0) is 0 Å². The molecule has 1 heterocycles. The number of hydrogen-bond acceptors (Lipinski definition) is 2. The van der Waals surface area contributed by atoms with E-state index in [1.807, 2.05) is 6.07 Å². The van der Waals surface area contributed by atoms with E-state index in [2.05, 4.69) is 36.8 Å². The summed E-state index contributed by atoms with van der Waals surface area (Å²) in [7, 11) is 0. The molecule has 0 bridgehead atoms. The van der Waals surface area contributed by atoms with Gasteiger partial charge in [0.2, 0.25) is 0 Å². The molecule has 86 valence electrons. The van der Waals surface area contributed by atoms with Crippen LogP contribution in [-0.4, -0.2) is 10.8 Å². The molecule has 0 aliphatic heterocycles. The van der Waals surface area contributed by atoms with Crippen molar-refractivity contribution in [2.75, 3.05) is 0 Å². The number of pyridine rings is 1. The van der Waals surface area contributed by atoms with Gasteiger partial charge in [-0.25, -0.2) is 4.39 Å². The molecule has 0 unspecified atom stereocenters. The largest absolute Gasteiger partial charge is 0.289 e. The third-order valence-corrected chi connectivity index (χ3v) is 3.01. The lowest BCUT2D eigenvalue weighted by molar-refractivity contribution is 0.103. The van der Waals surface area contributed by atoms with E-state index in [4.69, 9.17) is 0 Å².